The zero-order valence-electron chi connectivity index (χ0n) is 13.9. The molecule has 2 rings (SSSR count). The number of nitrogens with zero attached hydrogens (tertiary/aromatic N) is 2. The van der Waals surface area contributed by atoms with Crippen LogP contribution in [0.4, 0.5) is 0 Å². The van der Waals surface area contributed by atoms with E-state index in [1.54, 1.807) is 0 Å². The summed E-state index contributed by atoms with van der Waals surface area (Å²) in [5, 5.41) is 0. The van der Waals surface area contributed by atoms with Crippen molar-refractivity contribution in [2.24, 2.45) is 0 Å². The predicted octanol–water partition coefficient (Wildman–Crippen LogP) is 3.15. The van der Waals surface area contributed by atoms with Crippen LogP contribution in [-0.4, -0.2) is 31.0 Å². The molecule has 4 nitrogen and oxygen atoms in total. The SMILES string of the molecule is CCOCn1c(-c2cc(C)cc(C)c2)c(CC)c(=O)n([Se])c1=S. The Labute approximate surface area is 150 Å². The van der Waals surface area contributed by atoms with E-state index in [-0.39, 0.29) is 5.56 Å². The van der Waals surface area contributed by atoms with E-state index >= 15 is 0 Å². The van der Waals surface area contributed by atoms with E-state index in [2.05, 4.69) is 48.3 Å². The molecule has 2 aromatic rings. The third kappa shape index (κ3) is 3.66. The van der Waals surface area contributed by atoms with Gasteiger partial charge in [0.05, 0.1) is 0 Å². The van der Waals surface area contributed by atoms with Crippen molar-refractivity contribution in [3.63, 3.8) is 0 Å². The summed E-state index contributed by atoms with van der Waals surface area (Å²) in [6.07, 6.45) is 0.630. The van der Waals surface area contributed by atoms with Crippen LogP contribution in [0.15, 0.2) is 23.0 Å². The van der Waals surface area contributed by atoms with Gasteiger partial charge in [-0.1, -0.05) is 0 Å². The van der Waals surface area contributed by atoms with Crippen LogP contribution in [0.3, 0.4) is 0 Å². The fourth-order valence-corrected chi connectivity index (χ4v) is 3.41. The average Bonchev–Trinajstić information content (AvgIpc) is 2.50. The molecule has 23 heavy (non-hydrogen) atoms. The summed E-state index contributed by atoms with van der Waals surface area (Å²) in [7, 11) is 0. The fourth-order valence-electron chi connectivity index (χ4n) is 2.74. The summed E-state index contributed by atoms with van der Waals surface area (Å²) in [4.78, 5) is 12.6. The van der Waals surface area contributed by atoms with Gasteiger partial charge in [-0.15, -0.1) is 0 Å². The number of hydrogen-bond acceptors (Lipinski definition) is 3. The van der Waals surface area contributed by atoms with Gasteiger partial charge >= 0.3 is 150 Å². The normalized spacial score (nSPS) is 11.0. The Morgan fingerprint density at radius 1 is 1.17 bits per heavy atom. The van der Waals surface area contributed by atoms with Crippen molar-refractivity contribution in [3.8, 4) is 11.3 Å². The van der Waals surface area contributed by atoms with Gasteiger partial charge in [0.1, 0.15) is 0 Å². The van der Waals surface area contributed by atoms with E-state index in [1.165, 1.54) is 3.58 Å². The summed E-state index contributed by atoms with van der Waals surface area (Å²) < 4.78 is 9.30. The Morgan fingerprint density at radius 2 is 1.78 bits per heavy atom. The molecule has 0 atom stereocenters. The van der Waals surface area contributed by atoms with Gasteiger partial charge in [0, 0.05) is 0 Å². The second-order valence-electron chi connectivity index (χ2n) is 5.49. The van der Waals surface area contributed by atoms with Crippen LogP contribution in [0.1, 0.15) is 30.5 Å². The van der Waals surface area contributed by atoms with Crippen molar-refractivity contribution < 1.29 is 4.74 Å². The number of rotatable bonds is 5. The first kappa shape index (κ1) is 18.1. The molecular weight excluding hydrogens is 375 g/mol. The van der Waals surface area contributed by atoms with Crippen LogP contribution >= 0.6 is 12.2 Å². The Kier molecular flexibility index (Phi) is 5.98. The number of benzene rings is 1. The van der Waals surface area contributed by atoms with Crippen LogP contribution < -0.4 is 5.56 Å². The summed E-state index contributed by atoms with van der Waals surface area (Å²) >= 11 is 8.22. The van der Waals surface area contributed by atoms with E-state index in [4.69, 9.17) is 17.0 Å². The summed E-state index contributed by atoms with van der Waals surface area (Å²) in [6.45, 7) is 8.94. The monoisotopic (exact) mass is 397 g/mol. The number of ether oxygens (including phenoxy) is 1. The third-order valence-electron chi connectivity index (χ3n) is 3.68. The molecule has 0 saturated heterocycles. The van der Waals surface area contributed by atoms with E-state index in [1.807, 2.05) is 18.4 Å². The first-order chi connectivity index (χ1) is 10.9. The van der Waals surface area contributed by atoms with E-state index in [0.29, 0.717) is 24.5 Å². The van der Waals surface area contributed by atoms with Gasteiger partial charge in [-0.3, -0.25) is 0 Å². The number of hydrogen-bond donors (Lipinski definition) is 0. The van der Waals surface area contributed by atoms with Crippen molar-refractivity contribution in [1.29, 1.82) is 0 Å². The maximum atomic E-state index is 12.6. The van der Waals surface area contributed by atoms with Gasteiger partial charge in [0.2, 0.25) is 0 Å². The van der Waals surface area contributed by atoms with Crippen LogP contribution in [0, 0.1) is 18.6 Å². The van der Waals surface area contributed by atoms with Crippen LogP contribution in [0.2, 0.25) is 0 Å². The van der Waals surface area contributed by atoms with Gasteiger partial charge in [-0.2, -0.15) is 0 Å². The minimum atomic E-state index is -0.0839. The zero-order chi connectivity index (χ0) is 17.1. The maximum absolute atomic E-state index is 12.6. The molecule has 1 heterocycles. The molecule has 123 valence electrons. The van der Waals surface area contributed by atoms with Gasteiger partial charge < -0.3 is 0 Å². The fraction of sp³-hybridized carbons (Fsp3) is 0.412. The Hall–Kier alpha value is -1.20. The van der Waals surface area contributed by atoms with Gasteiger partial charge in [-0.25, -0.2) is 0 Å². The number of aryl methyl sites for hydroxylation is 2. The van der Waals surface area contributed by atoms with Gasteiger partial charge in [-0.05, 0) is 0 Å². The van der Waals surface area contributed by atoms with Crippen LogP contribution in [-0.2, 0) is 17.9 Å². The first-order valence-corrected chi connectivity index (χ1v) is 8.80. The molecular formula is C17H21N2O2SSe. The molecule has 0 aliphatic rings. The Balaban J connectivity index is 2.88. The van der Waals surface area contributed by atoms with Gasteiger partial charge in [0.15, 0.2) is 0 Å². The number of aromatic nitrogens is 2. The minimum absolute atomic E-state index is 0.0839. The Morgan fingerprint density at radius 3 is 2.30 bits per heavy atom. The van der Waals surface area contributed by atoms with Crippen molar-refractivity contribution in [2.45, 2.75) is 40.8 Å². The van der Waals surface area contributed by atoms with Crippen LogP contribution in [0.25, 0.3) is 11.3 Å². The molecule has 0 unspecified atom stereocenters. The topological polar surface area (TPSA) is 36.2 Å². The second-order valence-corrected chi connectivity index (χ2v) is 6.62. The van der Waals surface area contributed by atoms with E-state index in [0.717, 1.165) is 27.9 Å². The molecule has 1 radical (unpaired) electrons. The molecule has 0 amide bonds. The van der Waals surface area contributed by atoms with Crippen LogP contribution in [0.5, 0.6) is 0 Å². The van der Waals surface area contributed by atoms with Crippen molar-refractivity contribution in [2.75, 3.05) is 6.61 Å². The molecule has 0 saturated carbocycles. The molecule has 1 aromatic carbocycles. The van der Waals surface area contributed by atoms with Crippen molar-refractivity contribution >= 4 is 28.4 Å². The predicted molar refractivity (Wildman–Crippen MR) is 96.6 cm³/mol. The third-order valence-corrected chi connectivity index (χ3v) is 5.05. The molecule has 0 aliphatic carbocycles. The summed E-state index contributed by atoms with van der Waals surface area (Å²) in [5.41, 5.74) is 4.82. The van der Waals surface area contributed by atoms with Crippen molar-refractivity contribution in [1.82, 2.24) is 8.15 Å². The average molecular weight is 396 g/mol. The van der Waals surface area contributed by atoms with E-state index in [9.17, 15) is 4.79 Å². The summed E-state index contributed by atoms with van der Waals surface area (Å²) in [5.74, 6) is 0. The quantitative estimate of drug-likeness (QED) is 0.576. The van der Waals surface area contributed by atoms with Gasteiger partial charge in [0.25, 0.3) is 0 Å². The first-order valence-electron chi connectivity index (χ1n) is 7.63. The molecule has 0 spiro atoms. The molecule has 0 aliphatic heterocycles. The molecule has 0 bridgehead atoms. The molecule has 6 heteroatoms. The molecule has 0 N–H and O–H groups in total. The molecule has 0 fully saturated rings. The molecule has 1 aromatic heterocycles. The standard InChI is InChI=1S/C17H21N2O2SSe/c1-5-14-15(13-8-11(3)7-12(4)9-13)18(10-21-6-2)17(22)19(23)16(14)20/h7-9H,5-6,10H2,1-4H3. The zero-order valence-corrected chi connectivity index (χ0v) is 16.4. The Bertz CT molecular complexity index is 819. The van der Waals surface area contributed by atoms with E-state index < -0.39 is 0 Å². The van der Waals surface area contributed by atoms with Crippen molar-refractivity contribution in [3.05, 3.63) is 50.0 Å². The second kappa shape index (κ2) is 7.58. The summed E-state index contributed by atoms with van der Waals surface area (Å²) in [6, 6.07) is 6.29.